The molecule has 0 spiro atoms. The predicted molar refractivity (Wildman–Crippen MR) is 122 cm³/mol. The molecule has 5 fully saturated rings. The van der Waals surface area contributed by atoms with E-state index in [-0.39, 0.29) is 5.41 Å². The van der Waals surface area contributed by atoms with Gasteiger partial charge in [0.15, 0.2) is 0 Å². The molecule has 0 radical (unpaired) electrons. The summed E-state index contributed by atoms with van der Waals surface area (Å²) in [5.74, 6) is 2.61. The van der Waals surface area contributed by atoms with Gasteiger partial charge in [-0.1, -0.05) is 0 Å². The van der Waals surface area contributed by atoms with Crippen LogP contribution in [0.25, 0.3) is 0 Å². The molecule has 0 N–H and O–H groups in total. The molecule has 190 valence electrons. The average molecular weight is 470 g/mol. The number of carbonyl (C=O) groups is 1. The van der Waals surface area contributed by atoms with Gasteiger partial charge < -0.3 is 33.3 Å². The fraction of sp³-hybridized carbons (Fsp3) is 0.960. The van der Waals surface area contributed by atoms with E-state index in [9.17, 15) is 4.79 Å². The smallest absolute Gasteiger partial charge is 0.228 e. The Morgan fingerprint density at radius 2 is 0.818 bits per heavy atom. The van der Waals surface area contributed by atoms with Gasteiger partial charge in [-0.3, -0.25) is 4.79 Å². The summed E-state index contributed by atoms with van der Waals surface area (Å²) in [4.78, 5) is 15.8. The summed E-state index contributed by atoms with van der Waals surface area (Å²) >= 11 is 0. The van der Waals surface area contributed by atoms with Crippen LogP contribution in [0, 0.1) is 23.2 Å². The minimum atomic E-state index is -0.132. The van der Waals surface area contributed by atoms with Crippen molar-refractivity contribution in [3.8, 4) is 0 Å². The Balaban J connectivity index is 1.27. The van der Waals surface area contributed by atoms with E-state index in [2.05, 4.69) is 0 Å². The van der Waals surface area contributed by atoms with E-state index in [1.54, 1.807) is 0 Å². The second kappa shape index (κ2) is 13.4. The first-order valence-corrected chi connectivity index (χ1v) is 13.0. The normalized spacial score (nSPS) is 36.2. The molecule has 0 aromatic carbocycles. The maximum Gasteiger partial charge on any atom is 0.228 e. The molecule has 33 heavy (non-hydrogen) atoms. The van der Waals surface area contributed by atoms with Crippen molar-refractivity contribution in [1.29, 1.82) is 0 Å². The zero-order chi connectivity index (χ0) is 22.8. The quantitative estimate of drug-likeness (QED) is 0.582. The van der Waals surface area contributed by atoms with Crippen LogP contribution in [0.5, 0.6) is 0 Å². The Labute approximate surface area is 198 Å². The van der Waals surface area contributed by atoms with Crippen molar-refractivity contribution >= 4 is 5.91 Å². The summed E-state index contributed by atoms with van der Waals surface area (Å²) in [5, 5.41) is 0. The van der Waals surface area contributed by atoms with Crippen LogP contribution in [-0.4, -0.2) is 103 Å². The fourth-order valence-electron chi connectivity index (χ4n) is 6.57. The molecule has 1 heterocycles. The topological polar surface area (TPSA) is 75.7 Å². The predicted octanol–water partition coefficient (Wildman–Crippen LogP) is 2.14. The van der Waals surface area contributed by atoms with Crippen molar-refractivity contribution in [2.75, 3.05) is 92.4 Å². The van der Waals surface area contributed by atoms with Crippen molar-refractivity contribution in [3.05, 3.63) is 0 Å². The highest BCUT2D eigenvalue weighted by atomic mass is 16.6. The lowest BCUT2D eigenvalue weighted by molar-refractivity contribution is -0.159. The SMILES string of the molecule is O=C(N1CCOCCOCCOCCOCCOCCOCC1)C12CC3CC(CC(C3)C1)C2. The monoisotopic (exact) mass is 469 g/mol. The number of carbonyl (C=O) groups excluding carboxylic acids is 1. The van der Waals surface area contributed by atoms with Gasteiger partial charge >= 0.3 is 0 Å². The highest BCUT2D eigenvalue weighted by molar-refractivity contribution is 5.83. The Hall–Kier alpha value is -0.770. The zero-order valence-corrected chi connectivity index (χ0v) is 20.2. The Kier molecular flexibility index (Phi) is 10.2. The Morgan fingerprint density at radius 1 is 0.515 bits per heavy atom. The minimum absolute atomic E-state index is 0.132. The number of rotatable bonds is 1. The minimum Gasteiger partial charge on any atom is -0.377 e. The van der Waals surface area contributed by atoms with Crippen LogP contribution in [0.1, 0.15) is 38.5 Å². The molecule has 1 aliphatic heterocycles. The van der Waals surface area contributed by atoms with Crippen LogP contribution in [0.4, 0.5) is 0 Å². The van der Waals surface area contributed by atoms with Crippen molar-refractivity contribution in [2.45, 2.75) is 38.5 Å². The van der Waals surface area contributed by atoms with Gasteiger partial charge in [-0.05, 0) is 56.3 Å². The standard InChI is InChI=1S/C25H43NO7/c27-24(25-18-21-15-22(19-25)17-23(16-21)20-25)26-1-3-28-5-7-30-9-11-32-13-14-33-12-10-31-8-6-29-4-2-26/h21-23H,1-20H2. The van der Waals surface area contributed by atoms with Crippen molar-refractivity contribution in [1.82, 2.24) is 4.90 Å². The summed E-state index contributed by atoms with van der Waals surface area (Å²) in [6.07, 6.45) is 7.28. The number of ether oxygens (including phenoxy) is 6. The van der Waals surface area contributed by atoms with Gasteiger partial charge in [0.2, 0.25) is 5.91 Å². The van der Waals surface area contributed by atoms with Gasteiger partial charge in [-0.2, -0.15) is 0 Å². The Morgan fingerprint density at radius 3 is 1.15 bits per heavy atom. The lowest BCUT2D eigenvalue weighted by Gasteiger charge is -2.56. The molecule has 8 nitrogen and oxygen atoms in total. The molecular weight excluding hydrogens is 426 g/mol. The first kappa shape index (κ1) is 25.3. The van der Waals surface area contributed by atoms with Crippen molar-refractivity contribution in [2.24, 2.45) is 23.2 Å². The molecule has 1 amide bonds. The van der Waals surface area contributed by atoms with Gasteiger partial charge in [-0.25, -0.2) is 0 Å². The van der Waals surface area contributed by atoms with Crippen molar-refractivity contribution in [3.63, 3.8) is 0 Å². The third-order valence-electron chi connectivity index (χ3n) is 7.65. The highest BCUT2D eigenvalue weighted by Gasteiger charge is 2.55. The van der Waals surface area contributed by atoms with Crippen LogP contribution >= 0.6 is 0 Å². The van der Waals surface area contributed by atoms with E-state index in [4.69, 9.17) is 28.4 Å². The molecule has 0 aromatic rings. The molecule has 5 rings (SSSR count). The maximum atomic E-state index is 13.8. The van der Waals surface area contributed by atoms with E-state index >= 15 is 0 Å². The van der Waals surface area contributed by atoms with E-state index in [1.165, 1.54) is 19.3 Å². The van der Waals surface area contributed by atoms with Crippen LogP contribution in [0.2, 0.25) is 0 Å². The fourth-order valence-corrected chi connectivity index (χ4v) is 6.57. The summed E-state index contributed by atoms with van der Waals surface area (Å²) in [5.41, 5.74) is -0.132. The lowest BCUT2D eigenvalue weighted by atomic mass is 9.49. The molecular formula is C25H43NO7. The third-order valence-corrected chi connectivity index (χ3v) is 7.65. The third kappa shape index (κ3) is 7.61. The van der Waals surface area contributed by atoms with Crippen LogP contribution < -0.4 is 0 Å². The molecule has 4 saturated carbocycles. The first-order valence-electron chi connectivity index (χ1n) is 13.0. The molecule has 0 atom stereocenters. The summed E-state index contributed by atoms with van der Waals surface area (Å²) in [6, 6.07) is 0. The summed E-state index contributed by atoms with van der Waals surface area (Å²) in [6.45, 7) is 7.67. The highest BCUT2D eigenvalue weighted by Crippen LogP contribution is 2.60. The second-order valence-corrected chi connectivity index (χ2v) is 10.2. The van der Waals surface area contributed by atoms with E-state index in [0.717, 1.165) is 37.0 Å². The molecule has 8 heteroatoms. The number of hydrogen-bond acceptors (Lipinski definition) is 7. The Bertz CT molecular complexity index is 530. The number of hydrogen-bond donors (Lipinski definition) is 0. The molecule has 4 bridgehead atoms. The summed E-state index contributed by atoms with van der Waals surface area (Å²) < 4.78 is 33.7. The number of amides is 1. The average Bonchev–Trinajstić information content (AvgIpc) is 2.79. The van der Waals surface area contributed by atoms with E-state index < -0.39 is 0 Å². The van der Waals surface area contributed by atoms with Crippen LogP contribution in [-0.2, 0) is 33.2 Å². The van der Waals surface area contributed by atoms with Gasteiger partial charge in [0, 0.05) is 13.1 Å². The second-order valence-electron chi connectivity index (χ2n) is 10.2. The maximum absolute atomic E-state index is 13.8. The molecule has 0 unspecified atom stereocenters. The zero-order valence-electron chi connectivity index (χ0n) is 20.2. The van der Waals surface area contributed by atoms with Crippen molar-refractivity contribution < 1.29 is 33.2 Å². The summed E-state index contributed by atoms with van der Waals surface area (Å²) in [7, 11) is 0. The van der Waals surface area contributed by atoms with E-state index in [1.807, 2.05) is 4.90 Å². The molecule has 1 saturated heterocycles. The molecule has 4 aliphatic carbocycles. The molecule has 0 aromatic heterocycles. The van der Waals surface area contributed by atoms with Gasteiger partial charge in [0.1, 0.15) is 0 Å². The van der Waals surface area contributed by atoms with Gasteiger partial charge in [0.25, 0.3) is 0 Å². The van der Waals surface area contributed by atoms with E-state index in [0.29, 0.717) is 98.3 Å². The van der Waals surface area contributed by atoms with Crippen LogP contribution in [0.15, 0.2) is 0 Å². The number of nitrogens with zero attached hydrogens (tertiary/aromatic N) is 1. The largest absolute Gasteiger partial charge is 0.377 e. The first-order chi connectivity index (χ1) is 16.3. The van der Waals surface area contributed by atoms with Crippen LogP contribution in [0.3, 0.4) is 0 Å². The molecule has 5 aliphatic rings. The lowest BCUT2D eigenvalue weighted by Crippen LogP contribution is -2.55. The van der Waals surface area contributed by atoms with Gasteiger partial charge in [-0.15, -0.1) is 0 Å². The van der Waals surface area contributed by atoms with Gasteiger partial charge in [0.05, 0.1) is 84.7 Å².